The molecule has 0 unspecified atom stereocenters. The third-order valence-corrected chi connectivity index (χ3v) is 5.82. The molecule has 0 spiro atoms. The molecule has 0 aromatic heterocycles. The maximum absolute atomic E-state index is 3.98. The number of rotatable bonds is 4. The molecule has 1 nitrogen and oxygen atoms in total. The van der Waals surface area contributed by atoms with Gasteiger partial charge in [-0.2, -0.15) is 0 Å². The Bertz CT molecular complexity index is 232. The lowest BCUT2D eigenvalue weighted by atomic mass is 9.79. The Morgan fingerprint density at radius 3 is 1.79 bits per heavy atom. The zero-order valence-electron chi connectivity index (χ0n) is 13.5. The number of hydrogen-bond donors (Lipinski definition) is 1. The van der Waals surface area contributed by atoms with E-state index in [1.165, 1.54) is 64.2 Å². The van der Waals surface area contributed by atoms with Gasteiger partial charge >= 0.3 is 0 Å². The molecule has 2 saturated carbocycles. The Balaban J connectivity index is 1.72. The highest BCUT2D eigenvalue weighted by molar-refractivity contribution is 4.83. The first-order valence-electron chi connectivity index (χ1n) is 8.93. The highest BCUT2D eigenvalue weighted by atomic mass is 15.0. The van der Waals surface area contributed by atoms with Crippen molar-refractivity contribution in [1.29, 1.82) is 0 Å². The van der Waals surface area contributed by atoms with Gasteiger partial charge in [0.2, 0.25) is 0 Å². The van der Waals surface area contributed by atoms with E-state index in [0.29, 0.717) is 0 Å². The van der Waals surface area contributed by atoms with Crippen LogP contribution in [0.2, 0.25) is 0 Å². The summed E-state index contributed by atoms with van der Waals surface area (Å²) in [4.78, 5) is 0. The SMILES string of the molecule is CC(C)C1CCC(N[C@@H](C)C2CCCCCC2)CC1. The van der Waals surface area contributed by atoms with Crippen LogP contribution in [0.25, 0.3) is 0 Å². The van der Waals surface area contributed by atoms with Crippen molar-refractivity contribution in [2.75, 3.05) is 0 Å². The minimum absolute atomic E-state index is 0.749. The summed E-state index contributed by atoms with van der Waals surface area (Å²) in [6, 6.07) is 1.56. The van der Waals surface area contributed by atoms with Crippen LogP contribution in [0.1, 0.15) is 85.0 Å². The van der Waals surface area contributed by atoms with Crippen molar-refractivity contribution >= 4 is 0 Å². The molecule has 2 fully saturated rings. The minimum atomic E-state index is 0.749. The van der Waals surface area contributed by atoms with Gasteiger partial charge in [-0.15, -0.1) is 0 Å². The van der Waals surface area contributed by atoms with Gasteiger partial charge in [-0.05, 0) is 63.2 Å². The molecule has 112 valence electrons. The van der Waals surface area contributed by atoms with E-state index >= 15 is 0 Å². The van der Waals surface area contributed by atoms with Crippen molar-refractivity contribution in [1.82, 2.24) is 5.32 Å². The van der Waals surface area contributed by atoms with Gasteiger partial charge in [-0.25, -0.2) is 0 Å². The van der Waals surface area contributed by atoms with Gasteiger partial charge in [0, 0.05) is 12.1 Å². The Morgan fingerprint density at radius 2 is 1.26 bits per heavy atom. The fraction of sp³-hybridized carbons (Fsp3) is 1.00. The fourth-order valence-corrected chi connectivity index (χ4v) is 4.27. The van der Waals surface area contributed by atoms with Crippen LogP contribution in [-0.4, -0.2) is 12.1 Å². The molecule has 0 radical (unpaired) electrons. The molecule has 2 aliphatic carbocycles. The summed E-state index contributed by atoms with van der Waals surface area (Å²) in [5.41, 5.74) is 0. The normalized spacial score (nSPS) is 32.2. The van der Waals surface area contributed by atoms with Crippen LogP contribution in [0, 0.1) is 17.8 Å². The van der Waals surface area contributed by atoms with Gasteiger partial charge in [-0.3, -0.25) is 0 Å². The maximum Gasteiger partial charge on any atom is 0.00698 e. The van der Waals surface area contributed by atoms with Crippen molar-refractivity contribution in [3.8, 4) is 0 Å². The average Bonchev–Trinajstić information content (AvgIpc) is 2.68. The predicted octanol–water partition coefficient (Wildman–Crippen LogP) is 5.15. The van der Waals surface area contributed by atoms with Crippen molar-refractivity contribution in [2.45, 2.75) is 97.1 Å². The Kier molecular flexibility index (Phi) is 6.19. The Hall–Kier alpha value is -0.0400. The van der Waals surface area contributed by atoms with Crippen LogP contribution in [0.3, 0.4) is 0 Å². The van der Waals surface area contributed by atoms with E-state index in [1.807, 2.05) is 0 Å². The average molecular weight is 265 g/mol. The van der Waals surface area contributed by atoms with E-state index < -0.39 is 0 Å². The van der Waals surface area contributed by atoms with E-state index in [2.05, 4.69) is 26.1 Å². The summed E-state index contributed by atoms with van der Waals surface area (Å²) < 4.78 is 0. The molecular formula is C18H35N. The van der Waals surface area contributed by atoms with Crippen LogP contribution in [0.4, 0.5) is 0 Å². The molecule has 0 aromatic carbocycles. The molecule has 0 heterocycles. The lowest BCUT2D eigenvalue weighted by Crippen LogP contribution is -2.43. The summed E-state index contributed by atoms with van der Waals surface area (Å²) in [6.07, 6.45) is 14.6. The van der Waals surface area contributed by atoms with Crippen LogP contribution in [-0.2, 0) is 0 Å². The van der Waals surface area contributed by atoms with Crippen LogP contribution in [0.15, 0.2) is 0 Å². The summed E-state index contributed by atoms with van der Waals surface area (Å²) in [7, 11) is 0. The molecule has 0 aliphatic heterocycles. The molecule has 2 rings (SSSR count). The highest BCUT2D eigenvalue weighted by Crippen LogP contribution is 2.31. The first-order chi connectivity index (χ1) is 9.16. The Labute approximate surface area is 120 Å². The van der Waals surface area contributed by atoms with E-state index in [1.54, 1.807) is 0 Å². The first kappa shape index (κ1) is 15.4. The van der Waals surface area contributed by atoms with E-state index in [-0.39, 0.29) is 0 Å². The maximum atomic E-state index is 3.98. The Morgan fingerprint density at radius 1 is 0.684 bits per heavy atom. The van der Waals surface area contributed by atoms with Gasteiger partial charge in [0.1, 0.15) is 0 Å². The van der Waals surface area contributed by atoms with E-state index in [4.69, 9.17) is 0 Å². The molecule has 0 amide bonds. The number of hydrogen-bond acceptors (Lipinski definition) is 1. The zero-order valence-corrected chi connectivity index (χ0v) is 13.5. The molecule has 2 aliphatic rings. The summed E-state index contributed by atoms with van der Waals surface area (Å²) >= 11 is 0. The molecular weight excluding hydrogens is 230 g/mol. The predicted molar refractivity (Wildman–Crippen MR) is 84.4 cm³/mol. The first-order valence-corrected chi connectivity index (χ1v) is 8.93. The summed E-state index contributed by atoms with van der Waals surface area (Å²) in [5, 5.41) is 3.98. The van der Waals surface area contributed by atoms with Crippen LogP contribution >= 0.6 is 0 Å². The minimum Gasteiger partial charge on any atom is -0.311 e. The second-order valence-electron chi connectivity index (χ2n) is 7.56. The second kappa shape index (κ2) is 7.67. The smallest absolute Gasteiger partial charge is 0.00698 e. The van der Waals surface area contributed by atoms with Crippen molar-refractivity contribution in [3.05, 3.63) is 0 Å². The van der Waals surface area contributed by atoms with Crippen LogP contribution in [0.5, 0.6) is 0 Å². The van der Waals surface area contributed by atoms with Crippen molar-refractivity contribution in [3.63, 3.8) is 0 Å². The van der Waals surface area contributed by atoms with Crippen molar-refractivity contribution < 1.29 is 0 Å². The molecule has 1 atom stereocenters. The quantitative estimate of drug-likeness (QED) is 0.693. The summed E-state index contributed by atoms with van der Waals surface area (Å²) in [6.45, 7) is 7.24. The molecule has 0 saturated heterocycles. The zero-order chi connectivity index (χ0) is 13.7. The van der Waals surface area contributed by atoms with Gasteiger partial charge in [0.05, 0.1) is 0 Å². The van der Waals surface area contributed by atoms with Crippen LogP contribution < -0.4 is 5.32 Å². The fourth-order valence-electron chi connectivity index (χ4n) is 4.27. The third-order valence-electron chi connectivity index (χ3n) is 5.82. The van der Waals surface area contributed by atoms with Gasteiger partial charge in [0.15, 0.2) is 0 Å². The molecule has 1 N–H and O–H groups in total. The lowest BCUT2D eigenvalue weighted by Gasteiger charge is -2.35. The van der Waals surface area contributed by atoms with E-state index in [9.17, 15) is 0 Å². The summed E-state index contributed by atoms with van der Waals surface area (Å²) in [5.74, 6) is 2.83. The number of nitrogens with one attached hydrogen (secondary N) is 1. The molecule has 0 aromatic rings. The van der Waals surface area contributed by atoms with Crippen molar-refractivity contribution in [2.24, 2.45) is 17.8 Å². The highest BCUT2D eigenvalue weighted by Gasteiger charge is 2.26. The third kappa shape index (κ3) is 4.77. The monoisotopic (exact) mass is 265 g/mol. The second-order valence-corrected chi connectivity index (χ2v) is 7.56. The molecule has 1 heteroatoms. The standard InChI is InChI=1S/C18H35N/c1-14(2)16-10-12-18(13-11-16)19-15(3)17-8-6-4-5-7-9-17/h14-19H,4-13H2,1-3H3/t15-,16?,18?/m0/s1. The lowest BCUT2D eigenvalue weighted by molar-refractivity contribution is 0.212. The molecule has 0 bridgehead atoms. The van der Waals surface area contributed by atoms with Gasteiger partial charge in [0.25, 0.3) is 0 Å². The van der Waals surface area contributed by atoms with E-state index in [0.717, 1.165) is 29.8 Å². The van der Waals surface area contributed by atoms with Gasteiger partial charge < -0.3 is 5.32 Å². The molecule has 19 heavy (non-hydrogen) atoms. The topological polar surface area (TPSA) is 12.0 Å². The van der Waals surface area contributed by atoms with Gasteiger partial charge in [-0.1, -0.05) is 39.5 Å². The largest absolute Gasteiger partial charge is 0.311 e.